The molecule has 0 aliphatic carbocycles. The molecule has 1 aromatic carbocycles. The summed E-state index contributed by atoms with van der Waals surface area (Å²) in [5.41, 5.74) is 1.42. The highest BCUT2D eigenvalue weighted by molar-refractivity contribution is 5.94. The number of carbonyl (C=O) groups excluding carboxylic acids is 1. The fourth-order valence-electron chi connectivity index (χ4n) is 1.63. The van der Waals surface area contributed by atoms with Gasteiger partial charge in [0.2, 0.25) is 5.91 Å². The Balaban J connectivity index is 2.60. The zero-order valence-corrected chi connectivity index (χ0v) is 12.3. The number of aliphatic hydroxyl groups excluding tert-OH is 1. The van der Waals surface area contributed by atoms with Crippen LogP contribution in [0.1, 0.15) is 33.3 Å². The highest BCUT2D eigenvalue weighted by atomic mass is 16.3. The number of amides is 1. The first-order valence-corrected chi connectivity index (χ1v) is 6.55. The summed E-state index contributed by atoms with van der Waals surface area (Å²) in [7, 11) is 0. The number of hydrogen-bond donors (Lipinski definition) is 3. The maximum atomic E-state index is 12.0. The van der Waals surface area contributed by atoms with E-state index in [1.54, 1.807) is 13.8 Å². The van der Waals surface area contributed by atoms with Crippen molar-refractivity contribution in [2.75, 3.05) is 5.32 Å². The third kappa shape index (κ3) is 4.65. The SMILES string of the molecule is Cc1ccc(NC(=O)C(C)NC(C)(C)C(C)O)cc1. The molecule has 19 heavy (non-hydrogen) atoms. The molecule has 0 aromatic heterocycles. The van der Waals surface area contributed by atoms with Crippen LogP contribution in [0.15, 0.2) is 24.3 Å². The van der Waals surface area contributed by atoms with Gasteiger partial charge in [0.25, 0.3) is 0 Å². The molecule has 106 valence electrons. The van der Waals surface area contributed by atoms with Gasteiger partial charge in [-0.1, -0.05) is 17.7 Å². The Labute approximate surface area is 115 Å². The van der Waals surface area contributed by atoms with Gasteiger partial charge >= 0.3 is 0 Å². The molecule has 0 spiro atoms. The van der Waals surface area contributed by atoms with Crippen molar-refractivity contribution in [2.45, 2.75) is 52.3 Å². The Kier molecular flexibility index (Phi) is 5.09. The summed E-state index contributed by atoms with van der Waals surface area (Å²) >= 11 is 0. The van der Waals surface area contributed by atoms with Gasteiger partial charge in [0.1, 0.15) is 0 Å². The molecule has 1 amide bonds. The summed E-state index contributed by atoms with van der Waals surface area (Å²) in [6, 6.07) is 7.27. The van der Waals surface area contributed by atoms with Crippen LogP contribution < -0.4 is 10.6 Å². The van der Waals surface area contributed by atoms with Crippen LogP contribution in [0.25, 0.3) is 0 Å². The summed E-state index contributed by atoms with van der Waals surface area (Å²) in [4.78, 5) is 12.0. The van der Waals surface area contributed by atoms with Crippen LogP contribution in [-0.2, 0) is 4.79 Å². The molecule has 3 N–H and O–H groups in total. The fraction of sp³-hybridized carbons (Fsp3) is 0.533. The molecule has 2 unspecified atom stereocenters. The molecule has 4 nitrogen and oxygen atoms in total. The summed E-state index contributed by atoms with van der Waals surface area (Å²) in [5, 5.41) is 15.6. The molecule has 0 heterocycles. The Morgan fingerprint density at radius 1 is 1.21 bits per heavy atom. The number of rotatable bonds is 5. The van der Waals surface area contributed by atoms with E-state index < -0.39 is 11.6 Å². The van der Waals surface area contributed by atoms with Crippen molar-refractivity contribution < 1.29 is 9.90 Å². The maximum Gasteiger partial charge on any atom is 0.241 e. The Hall–Kier alpha value is -1.39. The van der Waals surface area contributed by atoms with Gasteiger partial charge in [-0.2, -0.15) is 0 Å². The van der Waals surface area contributed by atoms with Gasteiger partial charge in [0.15, 0.2) is 0 Å². The zero-order chi connectivity index (χ0) is 14.6. The van der Waals surface area contributed by atoms with Gasteiger partial charge in [-0.15, -0.1) is 0 Å². The number of benzene rings is 1. The Bertz CT molecular complexity index is 424. The average molecular weight is 264 g/mol. The third-order valence-corrected chi connectivity index (χ3v) is 3.35. The van der Waals surface area contributed by atoms with Gasteiger partial charge in [0.05, 0.1) is 12.1 Å². The minimum Gasteiger partial charge on any atom is -0.392 e. The molecule has 0 fully saturated rings. The predicted octanol–water partition coefficient (Wildman–Crippen LogP) is 2.07. The lowest BCUT2D eigenvalue weighted by atomic mass is 9.97. The number of anilines is 1. The zero-order valence-electron chi connectivity index (χ0n) is 12.3. The molecule has 0 saturated carbocycles. The van der Waals surface area contributed by atoms with Crippen molar-refractivity contribution in [1.29, 1.82) is 0 Å². The third-order valence-electron chi connectivity index (χ3n) is 3.35. The van der Waals surface area contributed by atoms with Crippen LogP contribution in [0, 0.1) is 6.92 Å². The minimum absolute atomic E-state index is 0.113. The van der Waals surface area contributed by atoms with E-state index in [4.69, 9.17) is 0 Å². The lowest BCUT2D eigenvalue weighted by molar-refractivity contribution is -0.118. The number of hydrogen-bond acceptors (Lipinski definition) is 3. The molecule has 4 heteroatoms. The lowest BCUT2D eigenvalue weighted by Crippen LogP contribution is -2.55. The first-order valence-electron chi connectivity index (χ1n) is 6.55. The molecule has 1 aromatic rings. The van der Waals surface area contributed by atoms with Crippen molar-refractivity contribution in [3.05, 3.63) is 29.8 Å². The molecule has 2 atom stereocenters. The van der Waals surface area contributed by atoms with E-state index in [9.17, 15) is 9.90 Å². The standard InChI is InChI=1S/C15H24N2O2/c1-10-6-8-13(9-7-10)16-14(19)11(2)17-15(4,5)12(3)18/h6-9,11-12,17-18H,1-5H3,(H,16,19). The van der Waals surface area contributed by atoms with E-state index >= 15 is 0 Å². The lowest BCUT2D eigenvalue weighted by Gasteiger charge is -2.32. The van der Waals surface area contributed by atoms with Gasteiger partial charge in [-0.25, -0.2) is 0 Å². The molecular weight excluding hydrogens is 240 g/mol. The monoisotopic (exact) mass is 264 g/mol. The number of aliphatic hydroxyl groups is 1. The number of carbonyl (C=O) groups is 1. The molecule has 0 bridgehead atoms. The molecule has 0 aliphatic rings. The highest BCUT2D eigenvalue weighted by Crippen LogP contribution is 2.12. The van der Waals surface area contributed by atoms with Crippen LogP contribution in [0.4, 0.5) is 5.69 Å². The Morgan fingerprint density at radius 2 is 1.74 bits per heavy atom. The van der Waals surface area contributed by atoms with Gasteiger partial charge < -0.3 is 10.4 Å². The molecule has 0 saturated heterocycles. The normalized spacial score (nSPS) is 14.8. The number of aryl methyl sites for hydroxylation is 1. The van der Waals surface area contributed by atoms with Crippen LogP contribution in [-0.4, -0.2) is 28.7 Å². The van der Waals surface area contributed by atoms with Gasteiger partial charge in [-0.05, 0) is 46.8 Å². The first-order chi connectivity index (χ1) is 8.72. The second-order valence-corrected chi connectivity index (χ2v) is 5.62. The second-order valence-electron chi connectivity index (χ2n) is 5.62. The van der Waals surface area contributed by atoms with E-state index in [0.29, 0.717) is 0 Å². The van der Waals surface area contributed by atoms with Gasteiger partial charge in [0, 0.05) is 11.2 Å². The predicted molar refractivity (Wildman–Crippen MR) is 78.2 cm³/mol. The second kappa shape index (κ2) is 6.17. The van der Waals surface area contributed by atoms with E-state index in [2.05, 4.69) is 10.6 Å². The smallest absolute Gasteiger partial charge is 0.241 e. The van der Waals surface area contributed by atoms with Crippen molar-refractivity contribution >= 4 is 11.6 Å². The minimum atomic E-state index is -0.540. The van der Waals surface area contributed by atoms with Crippen LogP contribution in [0.3, 0.4) is 0 Å². The molecular formula is C15H24N2O2. The Morgan fingerprint density at radius 3 is 2.21 bits per heavy atom. The van der Waals surface area contributed by atoms with E-state index in [1.165, 1.54) is 0 Å². The highest BCUT2D eigenvalue weighted by Gasteiger charge is 2.28. The van der Waals surface area contributed by atoms with E-state index in [0.717, 1.165) is 11.3 Å². The quantitative estimate of drug-likeness (QED) is 0.763. The summed E-state index contributed by atoms with van der Waals surface area (Å²) in [5.74, 6) is -0.113. The first kappa shape index (κ1) is 15.7. The van der Waals surface area contributed by atoms with Crippen molar-refractivity contribution in [2.24, 2.45) is 0 Å². The van der Waals surface area contributed by atoms with Gasteiger partial charge in [-0.3, -0.25) is 10.1 Å². The molecule has 1 rings (SSSR count). The van der Waals surface area contributed by atoms with Crippen LogP contribution in [0.2, 0.25) is 0 Å². The maximum absolute atomic E-state index is 12.0. The van der Waals surface area contributed by atoms with Crippen LogP contribution in [0.5, 0.6) is 0 Å². The molecule has 0 aliphatic heterocycles. The van der Waals surface area contributed by atoms with Crippen molar-refractivity contribution in [1.82, 2.24) is 5.32 Å². The van der Waals surface area contributed by atoms with Crippen LogP contribution >= 0.6 is 0 Å². The number of nitrogens with one attached hydrogen (secondary N) is 2. The van der Waals surface area contributed by atoms with Crippen molar-refractivity contribution in [3.63, 3.8) is 0 Å². The van der Waals surface area contributed by atoms with E-state index in [-0.39, 0.29) is 11.9 Å². The topological polar surface area (TPSA) is 61.4 Å². The summed E-state index contributed by atoms with van der Waals surface area (Å²) in [6.07, 6.45) is -0.540. The summed E-state index contributed by atoms with van der Waals surface area (Å²) in [6.45, 7) is 9.23. The molecule has 0 radical (unpaired) electrons. The summed E-state index contributed by atoms with van der Waals surface area (Å²) < 4.78 is 0. The fourth-order valence-corrected chi connectivity index (χ4v) is 1.63. The van der Waals surface area contributed by atoms with E-state index in [1.807, 2.05) is 45.0 Å². The average Bonchev–Trinajstić information content (AvgIpc) is 2.31. The largest absolute Gasteiger partial charge is 0.392 e. The van der Waals surface area contributed by atoms with Crippen molar-refractivity contribution in [3.8, 4) is 0 Å².